The van der Waals surface area contributed by atoms with Gasteiger partial charge < -0.3 is 9.73 Å². The third-order valence-electron chi connectivity index (χ3n) is 9.33. The summed E-state index contributed by atoms with van der Waals surface area (Å²) in [5, 5.41) is 10.7. The fraction of sp³-hybridized carbons (Fsp3) is 0.0233. The first-order valence-corrected chi connectivity index (χ1v) is 16.9. The molecule has 3 heterocycles. The number of nitrogens with one attached hydrogen (secondary N) is 1. The van der Waals surface area contributed by atoms with Crippen LogP contribution < -0.4 is 5.32 Å². The van der Waals surface area contributed by atoms with Gasteiger partial charge in [-0.1, -0.05) is 115 Å². The van der Waals surface area contributed by atoms with Crippen LogP contribution in [0, 0.1) is 0 Å². The molecule has 0 saturated heterocycles. The van der Waals surface area contributed by atoms with Gasteiger partial charge in [-0.3, -0.25) is 0 Å². The summed E-state index contributed by atoms with van der Waals surface area (Å²) in [7, 11) is 0. The summed E-state index contributed by atoms with van der Waals surface area (Å²) in [6.07, 6.45) is -0.442. The number of para-hydroxylation sites is 1. The molecule has 2 aromatic heterocycles. The standard InChI is InChI=1S/C43H27N3OS/c1-2-12-26(13-3-1)41-44-42(32-19-11-23-38-40(32)31-17-7-9-22-37(31)48-38)46-43(45-41)34-25-28-15-5-4-14-27(28)24-33(34)29-18-10-21-36-39(29)30-16-6-8-20-35(30)47-36/h1-25,42H,(H,44,45,46). The van der Waals surface area contributed by atoms with Gasteiger partial charge in [0.05, 0.1) is 0 Å². The normalized spacial score (nSPS) is 14.9. The molecule has 1 aliphatic rings. The molecular formula is C43H27N3OS. The molecule has 0 fully saturated rings. The maximum atomic E-state index is 6.34. The molecule has 5 heteroatoms. The summed E-state index contributed by atoms with van der Waals surface area (Å²) in [5.74, 6) is 1.59. The number of hydrogen-bond donors (Lipinski definition) is 1. The average Bonchev–Trinajstić information content (AvgIpc) is 3.73. The Morgan fingerprint density at radius 1 is 0.500 bits per heavy atom. The minimum atomic E-state index is -0.442. The highest BCUT2D eigenvalue weighted by atomic mass is 32.1. The molecule has 0 spiro atoms. The number of nitrogens with zero attached hydrogens (tertiary/aromatic N) is 2. The number of furan rings is 1. The number of fused-ring (bicyclic) bond motifs is 7. The Balaban J connectivity index is 1.25. The van der Waals surface area contributed by atoms with Gasteiger partial charge >= 0.3 is 0 Å². The van der Waals surface area contributed by atoms with E-state index in [1.165, 1.54) is 25.6 Å². The lowest BCUT2D eigenvalue weighted by atomic mass is 9.91. The predicted octanol–water partition coefficient (Wildman–Crippen LogP) is 11.3. The summed E-state index contributed by atoms with van der Waals surface area (Å²) >= 11 is 1.82. The second-order valence-corrected chi connectivity index (χ2v) is 13.2. The number of aliphatic imine (C=N–C) groups is 2. The van der Waals surface area contributed by atoms with Crippen molar-refractivity contribution in [2.45, 2.75) is 6.17 Å². The Labute approximate surface area is 280 Å². The zero-order valence-electron chi connectivity index (χ0n) is 25.7. The van der Waals surface area contributed by atoms with Crippen LogP contribution in [0.4, 0.5) is 0 Å². The lowest BCUT2D eigenvalue weighted by Crippen LogP contribution is -2.36. The maximum Gasteiger partial charge on any atom is 0.170 e. The van der Waals surface area contributed by atoms with Crippen LogP contribution in [-0.2, 0) is 0 Å². The lowest BCUT2D eigenvalue weighted by molar-refractivity contribution is 0.669. The Kier molecular flexibility index (Phi) is 6.08. The van der Waals surface area contributed by atoms with Gasteiger partial charge in [0.25, 0.3) is 0 Å². The van der Waals surface area contributed by atoms with Crippen LogP contribution in [0.3, 0.4) is 0 Å². The molecule has 9 aromatic rings. The lowest BCUT2D eigenvalue weighted by Gasteiger charge is -2.24. The Morgan fingerprint density at radius 3 is 2.04 bits per heavy atom. The molecule has 0 amide bonds. The van der Waals surface area contributed by atoms with Gasteiger partial charge in [0.15, 0.2) is 6.17 Å². The van der Waals surface area contributed by atoms with E-state index in [-0.39, 0.29) is 0 Å². The van der Waals surface area contributed by atoms with Crippen LogP contribution in [0.5, 0.6) is 0 Å². The largest absolute Gasteiger partial charge is 0.456 e. The van der Waals surface area contributed by atoms with Crippen molar-refractivity contribution >= 4 is 75.9 Å². The van der Waals surface area contributed by atoms with Gasteiger partial charge in [0, 0.05) is 47.6 Å². The summed E-state index contributed by atoms with van der Waals surface area (Å²) in [4.78, 5) is 10.7. The molecule has 0 saturated carbocycles. The number of thiophene rings is 1. The van der Waals surface area contributed by atoms with Gasteiger partial charge in [-0.25, -0.2) is 9.98 Å². The Hall–Kier alpha value is -6.04. The van der Waals surface area contributed by atoms with E-state index in [9.17, 15) is 0 Å². The van der Waals surface area contributed by atoms with Gasteiger partial charge in [-0.15, -0.1) is 11.3 Å². The van der Waals surface area contributed by atoms with Crippen molar-refractivity contribution in [3.8, 4) is 11.1 Å². The third-order valence-corrected chi connectivity index (χ3v) is 10.5. The zero-order chi connectivity index (χ0) is 31.6. The van der Waals surface area contributed by atoms with Crippen molar-refractivity contribution in [2.75, 3.05) is 0 Å². The van der Waals surface area contributed by atoms with Gasteiger partial charge in [-0.05, 0) is 58.3 Å². The fourth-order valence-electron chi connectivity index (χ4n) is 7.14. The first-order chi connectivity index (χ1) is 23.8. The van der Waals surface area contributed by atoms with Crippen LogP contribution in [-0.4, -0.2) is 11.7 Å². The van der Waals surface area contributed by atoms with Crippen molar-refractivity contribution in [1.29, 1.82) is 0 Å². The van der Waals surface area contributed by atoms with Crippen LogP contribution in [0.25, 0.3) is 64.0 Å². The topological polar surface area (TPSA) is 49.9 Å². The van der Waals surface area contributed by atoms with E-state index in [1.807, 2.05) is 29.5 Å². The molecule has 1 atom stereocenters. The van der Waals surface area contributed by atoms with E-state index >= 15 is 0 Å². The van der Waals surface area contributed by atoms with E-state index in [0.717, 1.165) is 66.8 Å². The molecule has 1 N–H and O–H groups in total. The highest BCUT2D eigenvalue weighted by Crippen LogP contribution is 2.42. The molecule has 0 radical (unpaired) electrons. The first-order valence-electron chi connectivity index (χ1n) is 16.1. The number of rotatable bonds is 4. The van der Waals surface area contributed by atoms with Crippen LogP contribution in [0.15, 0.2) is 166 Å². The minimum absolute atomic E-state index is 0.442. The number of benzene rings is 7. The van der Waals surface area contributed by atoms with E-state index in [1.54, 1.807) is 0 Å². The molecule has 7 aromatic carbocycles. The highest BCUT2D eigenvalue weighted by molar-refractivity contribution is 7.25. The molecule has 1 aliphatic heterocycles. The SMILES string of the molecule is c1ccc(C2=NC(c3cccc4sc5ccccc5c34)N=C(c3cc4ccccc4cc3-c3cccc4oc5ccccc5c34)N2)cc1. The average molecular weight is 634 g/mol. The van der Waals surface area contributed by atoms with Crippen LogP contribution >= 0.6 is 11.3 Å². The fourth-order valence-corrected chi connectivity index (χ4v) is 8.28. The number of amidine groups is 2. The van der Waals surface area contributed by atoms with E-state index in [2.05, 4.69) is 139 Å². The van der Waals surface area contributed by atoms with Crippen molar-refractivity contribution in [3.05, 3.63) is 168 Å². The second-order valence-electron chi connectivity index (χ2n) is 12.2. The monoisotopic (exact) mass is 633 g/mol. The Morgan fingerprint density at radius 2 is 1.17 bits per heavy atom. The van der Waals surface area contributed by atoms with Crippen LogP contribution in [0.2, 0.25) is 0 Å². The van der Waals surface area contributed by atoms with Crippen molar-refractivity contribution in [1.82, 2.24) is 5.32 Å². The van der Waals surface area contributed by atoms with Crippen molar-refractivity contribution in [3.63, 3.8) is 0 Å². The van der Waals surface area contributed by atoms with Gasteiger partial charge in [0.1, 0.15) is 22.8 Å². The maximum absolute atomic E-state index is 6.34. The quantitative estimate of drug-likeness (QED) is 0.210. The molecule has 1 unspecified atom stereocenters. The van der Waals surface area contributed by atoms with Crippen molar-refractivity contribution in [2.24, 2.45) is 9.98 Å². The van der Waals surface area contributed by atoms with E-state index in [0.29, 0.717) is 0 Å². The van der Waals surface area contributed by atoms with E-state index in [4.69, 9.17) is 14.4 Å². The molecule has 0 bridgehead atoms. The van der Waals surface area contributed by atoms with Gasteiger partial charge in [-0.2, -0.15) is 0 Å². The molecule has 10 rings (SSSR count). The molecule has 4 nitrogen and oxygen atoms in total. The summed E-state index contributed by atoms with van der Waals surface area (Å²) in [6, 6.07) is 53.2. The molecule has 48 heavy (non-hydrogen) atoms. The molecule has 226 valence electrons. The number of hydrogen-bond acceptors (Lipinski definition) is 5. The summed E-state index contributed by atoms with van der Waals surface area (Å²) < 4.78 is 8.85. The first kappa shape index (κ1) is 27.1. The molecular weight excluding hydrogens is 607 g/mol. The second kappa shape index (κ2) is 10.8. The molecule has 0 aliphatic carbocycles. The smallest absolute Gasteiger partial charge is 0.170 e. The highest BCUT2D eigenvalue weighted by Gasteiger charge is 2.26. The zero-order valence-corrected chi connectivity index (χ0v) is 26.5. The van der Waals surface area contributed by atoms with Crippen molar-refractivity contribution < 1.29 is 4.42 Å². The third kappa shape index (κ3) is 4.29. The van der Waals surface area contributed by atoms with Crippen LogP contribution in [0.1, 0.15) is 22.9 Å². The summed E-state index contributed by atoms with van der Waals surface area (Å²) in [5.41, 5.74) is 7.07. The Bertz CT molecular complexity index is 2770. The summed E-state index contributed by atoms with van der Waals surface area (Å²) in [6.45, 7) is 0. The van der Waals surface area contributed by atoms with E-state index < -0.39 is 6.17 Å². The predicted molar refractivity (Wildman–Crippen MR) is 201 cm³/mol. The van der Waals surface area contributed by atoms with Gasteiger partial charge in [0.2, 0.25) is 0 Å². The minimum Gasteiger partial charge on any atom is -0.456 e.